The van der Waals surface area contributed by atoms with Gasteiger partial charge in [0.1, 0.15) is 0 Å². The normalized spacial score (nSPS) is 40.9. The molecule has 0 aromatic heterocycles. The fourth-order valence-electron chi connectivity index (χ4n) is 5.99. The molecule has 3 unspecified atom stereocenters. The molecule has 4 aliphatic carbocycles. The van der Waals surface area contributed by atoms with Crippen molar-refractivity contribution >= 4 is 5.78 Å². The summed E-state index contributed by atoms with van der Waals surface area (Å²) >= 11 is 0. The molecule has 2 fully saturated rings. The van der Waals surface area contributed by atoms with Gasteiger partial charge >= 0.3 is 51.4 Å². The first kappa shape index (κ1) is 24.4. The molecule has 6 heteroatoms. The number of nitrogens with two attached hydrogens (primary N) is 1. The maximum Gasteiger partial charge on any atom is 1.00 e. The number of carbonyl (C=O) groups is 1. The molecule has 0 aromatic rings. The first-order valence-electron chi connectivity index (χ1n) is 8.90. The first-order chi connectivity index (χ1) is 10.9. The predicted molar refractivity (Wildman–Crippen MR) is 90.8 cm³/mol. The van der Waals surface area contributed by atoms with Crippen molar-refractivity contribution in [1.29, 1.82) is 0 Å². The molecule has 25 heavy (non-hydrogen) atoms. The average Bonchev–Trinajstić information content (AvgIpc) is 2.90. The Morgan fingerprint density at radius 1 is 1.20 bits per heavy atom. The van der Waals surface area contributed by atoms with E-state index in [2.05, 4.69) is 36.8 Å². The molecular weight excluding hydrogens is 511 g/mol. The monoisotopic (exact) mass is 540 g/mol. The van der Waals surface area contributed by atoms with Gasteiger partial charge in [-0.05, 0) is 72.3 Å². The van der Waals surface area contributed by atoms with Crippen LogP contribution in [0.15, 0.2) is 23.8 Å². The number of nitrogens with one attached hydrogen (secondary N) is 1. The van der Waals surface area contributed by atoms with Crippen molar-refractivity contribution < 1.29 is 82.2 Å². The molecule has 4 rings (SSSR count). The van der Waals surface area contributed by atoms with Crippen LogP contribution in [0.3, 0.4) is 0 Å². The minimum Gasteiger partial charge on any atom is -0.529 e. The molecule has 0 spiro atoms. The fourth-order valence-corrected chi connectivity index (χ4v) is 5.99. The van der Waals surface area contributed by atoms with Crippen LogP contribution < -0.4 is 57.3 Å². The van der Waals surface area contributed by atoms with E-state index >= 15 is 0 Å². The van der Waals surface area contributed by atoms with Crippen molar-refractivity contribution in [2.45, 2.75) is 58.8 Å². The standard InChI is InChI=1S/C19H26O.K.H3N2O.W/c1-18-9-3-4-16(18)15-6-5-13-12-14(20)7-11-19(13,2)17(15)8-10-18;;1-3-2;/h5-6,12,15-17H,3-4,7-11H2,1-2H3;;1H,2H2;/q;+1;-1;/t15?,16?,17?,18-,19-;;;/m0.../s1. The molecule has 4 aliphatic rings. The quantitative estimate of drug-likeness (QED) is 0.374. The van der Waals surface area contributed by atoms with Crippen LogP contribution in [0.4, 0.5) is 0 Å². The number of hydrogen-bond acceptors (Lipinski definition) is 3. The molecule has 4 nitrogen and oxygen atoms in total. The SMILES string of the molecule is C[C@@]12CCCC1C1C=CC3=CC(=O)CC[C@]3(C)C1CC2.[K+].[NH-]ON.[W]. The second-order valence-corrected chi connectivity index (χ2v) is 8.34. The maximum absolute atomic E-state index is 11.7. The molecule has 0 heterocycles. The minimum absolute atomic E-state index is 0. The van der Waals surface area contributed by atoms with Crippen LogP contribution in [0, 0.1) is 28.6 Å². The Morgan fingerprint density at radius 3 is 2.56 bits per heavy atom. The molecule has 2 saturated carbocycles. The van der Waals surface area contributed by atoms with Gasteiger partial charge in [0.25, 0.3) is 0 Å². The molecule has 134 valence electrons. The van der Waals surface area contributed by atoms with E-state index in [4.69, 9.17) is 5.90 Å². The zero-order valence-corrected chi connectivity index (χ0v) is 21.8. The van der Waals surface area contributed by atoms with E-state index in [1.54, 1.807) is 0 Å². The number of hydrogen-bond donors (Lipinski definition) is 1. The summed E-state index contributed by atoms with van der Waals surface area (Å²) in [6.45, 7) is 4.97. The number of allylic oxidation sites excluding steroid dienone is 4. The molecule has 0 saturated heterocycles. The average molecular weight is 540 g/mol. The van der Waals surface area contributed by atoms with E-state index < -0.39 is 0 Å². The Bertz CT molecular complexity index is 554. The molecule has 0 bridgehead atoms. The van der Waals surface area contributed by atoms with Gasteiger partial charge in [0.05, 0.1) is 0 Å². The Balaban J connectivity index is 0.000000586. The number of carbonyl (C=O) groups excluding carboxylic acids is 1. The van der Waals surface area contributed by atoms with Crippen LogP contribution in [-0.2, 0) is 30.8 Å². The largest absolute Gasteiger partial charge is 1.00 e. The van der Waals surface area contributed by atoms with Crippen LogP contribution in [0.25, 0.3) is 5.90 Å². The Morgan fingerprint density at radius 2 is 1.88 bits per heavy atom. The molecule has 0 aromatic carbocycles. The summed E-state index contributed by atoms with van der Waals surface area (Å²) in [6, 6.07) is 0. The van der Waals surface area contributed by atoms with Crippen molar-refractivity contribution in [2.24, 2.45) is 34.5 Å². The summed E-state index contributed by atoms with van der Waals surface area (Å²) in [4.78, 5) is 14.7. The van der Waals surface area contributed by atoms with Gasteiger partial charge in [-0.1, -0.05) is 32.4 Å². The third-order valence-corrected chi connectivity index (χ3v) is 7.30. The molecule has 0 aliphatic heterocycles. The van der Waals surface area contributed by atoms with Gasteiger partial charge in [-0.3, -0.25) is 4.79 Å². The molecule has 3 N–H and O–H groups in total. The third kappa shape index (κ3) is 4.51. The van der Waals surface area contributed by atoms with Gasteiger partial charge in [-0.15, -0.1) is 0 Å². The van der Waals surface area contributed by atoms with E-state index in [9.17, 15) is 4.79 Å². The van der Waals surface area contributed by atoms with Gasteiger partial charge in [-0.2, -0.15) is 0 Å². The Labute approximate surface area is 208 Å². The Hall–Kier alpha value is 1.35. The summed E-state index contributed by atoms with van der Waals surface area (Å²) < 4.78 is 0. The minimum atomic E-state index is 0. The molecule has 5 atom stereocenters. The molecule has 0 amide bonds. The van der Waals surface area contributed by atoms with Gasteiger partial charge < -0.3 is 10.8 Å². The topological polar surface area (TPSA) is 76.1 Å². The van der Waals surface area contributed by atoms with E-state index in [1.807, 2.05) is 6.08 Å². The van der Waals surface area contributed by atoms with Gasteiger partial charge in [0.2, 0.25) is 0 Å². The zero-order chi connectivity index (χ0) is 16.7. The maximum atomic E-state index is 11.7. The van der Waals surface area contributed by atoms with Crippen LogP contribution >= 0.6 is 0 Å². The summed E-state index contributed by atoms with van der Waals surface area (Å²) in [5, 5.41) is 0. The summed E-state index contributed by atoms with van der Waals surface area (Å²) in [5.74, 6) is 12.3. The van der Waals surface area contributed by atoms with Gasteiger partial charge in [0, 0.05) is 27.5 Å². The molecular formula is C19H29KN2O2W. The Kier molecular flexibility index (Phi) is 9.47. The summed E-state index contributed by atoms with van der Waals surface area (Å²) in [5.41, 5.74) is 2.21. The van der Waals surface area contributed by atoms with Crippen molar-refractivity contribution in [2.75, 3.05) is 0 Å². The third-order valence-electron chi connectivity index (χ3n) is 7.30. The number of ketones is 1. The van der Waals surface area contributed by atoms with E-state index in [-0.39, 0.29) is 77.9 Å². The van der Waals surface area contributed by atoms with Crippen molar-refractivity contribution in [3.8, 4) is 0 Å². The zero-order valence-electron chi connectivity index (χ0n) is 15.7. The van der Waals surface area contributed by atoms with Crippen molar-refractivity contribution in [3.63, 3.8) is 0 Å². The van der Waals surface area contributed by atoms with Crippen molar-refractivity contribution in [3.05, 3.63) is 29.7 Å². The van der Waals surface area contributed by atoms with Crippen LogP contribution in [0.2, 0.25) is 0 Å². The van der Waals surface area contributed by atoms with E-state index in [0.29, 0.717) is 11.2 Å². The second kappa shape index (κ2) is 9.71. The van der Waals surface area contributed by atoms with Crippen LogP contribution in [0.1, 0.15) is 58.8 Å². The second-order valence-electron chi connectivity index (χ2n) is 8.34. The first-order valence-corrected chi connectivity index (χ1v) is 8.90. The smallest absolute Gasteiger partial charge is 0.529 e. The van der Waals surface area contributed by atoms with E-state index in [1.165, 1.54) is 37.7 Å². The van der Waals surface area contributed by atoms with Crippen molar-refractivity contribution in [1.82, 2.24) is 0 Å². The summed E-state index contributed by atoms with van der Waals surface area (Å²) in [7, 11) is 0. The predicted octanol–water partition coefficient (Wildman–Crippen LogP) is 1.53. The molecule has 0 radical (unpaired) electrons. The van der Waals surface area contributed by atoms with Gasteiger partial charge in [-0.25, -0.2) is 5.90 Å². The summed E-state index contributed by atoms with van der Waals surface area (Å²) in [6.07, 6.45) is 15.6. The van der Waals surface area contributed by atoms with Gasteiger partial charge in [0.15, 0.2) is 5.78 Å². The fraction of sp³-hybridized carbons (Fsp3) is 0.737. The van der Waals surface area contributed by atoms with E-state index in [0.717, 1.165) is 30.6 Å². The van der Waals surface area contributed by atoms with Crippen LogP contribution in [-0.4, -0.2) is 5.78 Å². The number of fused-ring (bicyclic) bond motifs is 5. The number of rotatable bonds is 0. The van der Waals surface area contributed by atoms with Crippen LogP contribution in [0.5, 0.6) is 0 Å².